The van der Waals surface area contributed by atoms with Gasteiger partial charge in [0, 0.05) is 11.3 Å². The van der Waals surface area contributed by atoms with Crippen LogP contribution in [0, 0.1) is 0 Å². The number of rotatable bonds is 6. The number of benzene rings is 2. The molecule has 0 aliphatic rings. The number of amides is 1. The van der Waals surface area contributed by atoms with Crippen LogP contribution in [0.3, 0.4) is 0 Å². The zero-order chi connectivity index (χ0) is 22.0. The third kappa shape index (κ3) is 4.29. The third-order valence-electron chi connectivity index (χ3n) is 4.88. The van der Waals surface area contributed by atoms with Gasteiger partial charge in [0.05, 0.1) is 17.8 Å². The lowest BCUT2D eigenvalue weighted by molar-refractivity contribution is -0.117. The minimum atomic E-state index is -0.408. The molecule has 1 N–H and O–H groups in total. The molecule has 0 spiro atoms. The Balaban J connectivity index is 1.55. The van der Waals surface area contributed by atoms with Crippen molar-refractivity contribution in [1.82, 2.24) is 19.4 Å². The Morgan fingerprint density at radius 1 is 1.16 bits per heavy atom. The van der Waals surface area contributed by atoms with E-state index in [2.05, 4.69) is 22.4 Å². The molecule has 0 aliphatic heterocycles. The van der Waals surface area contributed by atoms with Crippen molar-refractivity contribution in [3.05, 3.63) is 75.8 Å². The van der Waals surface area contributed by atoms with E-state index in [1.807, 2.05) is 24.3 Å². The smallest absolute Gasteiger partial charge is 0.293 e. The van der Waals surface area contributed by atoms with Gasteiger partial charge < -0.3 is 10.1 Å². The minimum Gasteiger partial charge on any atom is -0.495 e. The standard InChI is InChI=1S/C22H20ClN5O3/c1-3-14-4-6-15(7-5-14)18-11-19-22(30)27(24-13-28(19)26-18)12-21(29)25-16-8-9-20(31-2)17(23)10-16/h4-11,13H,3,12H2,1-2H3,(H,25,29). The topological polar surface area (TPSA) is 90.5 Å². The fraction of sp³-hybridized carbons (Fsp3) is 0.182. The van der Waals surface area contributed by atoms with Crippen molar-refractivity contribution in [2.75, 3.05) is 12.4 Å². The molecule has 2 heterocycles. The van der Waals surface area contributed by atoms with Crippen molar-refractivity contribution in [2.45, 2.75) is 19.9 Å². The van der Waals surface area contributed by atoms with Crippen molar-refractivity contribution in [3.8, 4) is 17.0 Å². The number of carbonyl (C=O) groups is 1. The second kappa shape index (κ2) is 8.61. The average Bonchev–Trinajstić information content (AvgIpc) is 3.21. The second-order valence-corrected chi connectivity index (χ2v) is 7.31. The van der Waals surface area contributed by atoms with Crippen LogP contribution in [-0.2, 0) is 17.8 Å². The largest absolute Gasteiger partial charge is 0.495 e. The molecule has 0 saturated carbocycles. The summed E-state index contributed by atoms with van der Waals surface area (Å²) in [6.07, 6.45) is 2.36. The number of hydrogen-bond acceptors (Lipinski definition) is 5. The van der Waals surface area contributed by atoms with Gasteiger partial charge in [-0.2, -0.15) is 10.2 Å². The van der Waals surface area contributed by atoms with Gasteiger partial charge in [0.25, 0.3) is 5.56 Å². The molecule has 31 heavy (non-hydrogen) atoms. The van der Waals surface area contributed by atoms with Gasteiger partial charge in [0.15, 0.2) is 0 Å². The van der Waals surface area contributed by atoms with Crippen molar-refractivity contribution < 1.29 is 9.53 Å². The summed E-state index contributed by atoms with van der Waals surface area (Å²) in [4.78, 5) is 25.2. The number of halogens is 1. The zero-order valence-electron chi connectivity index (χ0n) is 17.0. The Morgan fingerprint density at radius 3 is 2.61 bits per heavy atom. The van der Waals surface area contributed by atoms with Crippen LogP contribution < -0.4 is 15.6 Å². The summed E-state index contributed by atoms with van der Waals surface area (Å²) in [7, 11) is 1.51. The highest BCUT2D eigenvalue weighted by atomic mass is 35.5. The predicted octanol–water partition coefficient (Wildman–Crippen LogP) is 3.42. The van der Waals surface area contributed by atoms with E-state index >= 15 is 0 Å². The van der Waals surface area contributed by atoms with E-state index in [0.717, 1.165) is 16.7 Å². The molecule has 0 radical (unpaired) electrons. The number of anilines is 1. The first-order valence-corrected chi connectivity index (χ1v) is 10.0. The van der Waals surface area contributed by atoms with Crippen LogP contribution in [0.25, 0.3) is 16.8 Å². The Bertz CT molecular complexity index is 1310. The van der Waals surface area contributed by atoms with Crippen LogP contribution in [-0.4, -0.2) is 32.4 Å². The normalized spacial score (nSPS) is 10.9. The zero-order valence-corrected chi connectivity index (χ0v) is 17.8. The van der Waals surface area contributed by atoms with Crippen molar-refractivity contribution >= 4 is 28.7 Å². The molecular weight excluding hydrogens is 418 g/mol. The molecule has 8 nitrogen and oxygen atoms in total. The molecule has 0 unspecified atom stereocenters. The Morgan fingerprint density at radius 2 is 1.94 bits per heavy atom. The van der Waals surface area contributed by atoms with Crippen LogP contribution in [0.15, 0.2) is 59.7 Å². The minimum absolute atomic E-state index is 0.245. The fourth-order valence-corrected chi connectivity index (χ4v) is 3.44. The molecule has 2 aromatic carbocycles. The number of fused-ring (bicyclic) bond motifs is 1. The summed E-state index contributed by atoms with van der Waals surface area (Å²) >= 11 is 6.08. The molecular formula is C22H20ClN5O3. The monoisotopic (exact) mass is 437 g/mol. The highest BCUT2D eigenvalue weighted by Crippen LogP contribution is 2.27. The van der Waals surface area contributed by atoms with Crippen LogP contribution in [0.1, 0.15) is 12.5 Å². The molecule has 0 saturated heterocycles. The highest BCUT2D eigenvalue weighted by Gasteiger charge is 2.13. The van der Waals surface area contributed by atoms with Gasteiger partial charge in [0.1, 0.15) is 24.1 Å². The molecule has 0 aliphatic carbocycles. The number of methoxy groups -OCH3 is 1. The first-order chi connectivity index (χ1) is 15.0. The number of hydrogen-bond donors (Lipinski definition) is 1. The third-order valence-corrected chi connectivity index (χ3v) is 5.17. The quantitative estimate of drug-likeness (QED) is 0.499. The van der Waals surface area contributed by atoms with E-state index in [1.54, 1.807) is 24.3 Å². The number of ether oxygens (including phenoxy) is 1. The van der Waals surface area contributed by atoms with E-state index < -0.39 is 11.5 Å². The van der Waals surface area contributed by atoms with Crippen LogP contribution in [0.5, 0.6) is 5.75 Å². The van der Waals surface area contributed by atoms with Gasteiger partial charge in [-0.3, -0.25) is 9.59 Å². The summed E-state index contributed by atoms with van der Waals surface area (Å²) in [6.45, 7) is 1.85. The second-order valence-electron chi connectivity index (χ2n) is 6.90. The van der Waals surface area contributed by atoms with Crippen molar-refractivity contribution in [1.29, 1.82) is 0 Å². The molecule has 0 atom stereocenters. The van der Waals surface area contributed by atoms with E-state index in [9.17, 15) is 9.59 Å². The van der Waals surface area contributed by atoms with E-state index in [-0.39, 0.29) is 6.54 Å². The fourth-order valence-electron chi connectivity index (χ4n) is 3.18. The average molecular weight is 438 g/mol. The van der Waals surface area contributed by atoms with Gasteiger partial charge in [-0.25, -0.2) is 9.20 Å². The van der Waals surface area contributed by atoms with Crippen molar-refractivity contribution in [3.63, 3.8) is 0 Å². The Labute approximate surface area is 183 Å². The number of nitrogens with one attached hydrogen (secondary N) is 1. The van der Waals surface area contributed by atoms with E-state index in [0.29, 0.717) is 27.7 Å². The molecule has 9 heteroatoms. The number of aryl methyl sites for hydroxylation is 1. The van der Waals surface area contributed by atoms with Gasteiger partial charge in [-0.15, -0.1) is 0 Å². The van der Waals surface area contributed by atoms with Gasteiger partial charge in [-0.1, -0.05) is 42.8 Å². The maximum atomic E-state index is 12.8. The van der Waals surface area contributed by atoms with Gasteiger partial charge in [-0.05, 0) is 36.2 Å². The van der Waals surface area contributed by atoms with E-state index in [4.69, 9.17) is 16.3 Å². The Kier molecular flexibility index (Phi) is 5.73. The lowest BCUT2D eigenvalue weighted by Crippen LogP contribution is -2.30. The lowest BCUT2D eigenvalue weighted by Gasteiger charge is -2.08. The molecule has 4 rings (SSSR count). The Hall–Kier alpha value is -3.65. The molecule has 2 aromatic heterocycles. The molecule has 0 bridgehead atoms. The van der Waals surface area contributed by atoms with E-state index in [1.165, 1.54) is 23.5 Å². The van der Waals surface area contributed by atoms with Crippen LogP contribution in [0.4, 0.5) is 5.69 Å². The summed E-state index contributed by atoms with van der Waals surface area (Å²) in [5.74, 6) is 0.0963. The predicted molar refractivity (Wildman–Crippen MR) is 119 cm³/mol. The van der Waals surface area contributed by atoms with Crippen molar-refractivity contribution in [2.24, 2.45) is 0 Å². The summed E-state index contributed by atoms with van der Waals surface area (Å²) in [6, 6.07) is 14.6. The molecule has 158 valence electrons. The highest BCUT2D eigenvalue weighted by molar-refractivity contribution is 6.32. The van der Waals surface area contributed by atoms with Gasteiger partial charge in [0.2, 0.25) is 5.91 Å². The SMILES string of the molecule is CCc1ccc(-c2cc3c(=O)n(CC(=O)Nc4ccc(OC)c(Cl)c4)ncn3n2)cc1. The maximum absolute atomic E-state index is 12.8. The van der Waals surface area contributed by atoms with Crippen LogP contribution >= 0.6 is 11.6 Å². The molecule has 1 amide bonds. The first kappa shape index (κ1) is 20.6. The molecule has 4 aromatic rings. The summed E-state index contributed by atoms with van der Waals surface area (Å²) in [5, 5.41) is 11.6. The number of aromatic nitrogens is 4. The lowest BCUT2D eigenvalue weighted by atomic mass is 10.1. The number of carbonyl (C=O) groups excluding carboxylic acids is 1. The maximum Gasteiger partial charge on any atom is 0.293 e. The first-order valence-electron chi connectivity index (χ1n) is 9.66. The van der Waals surface area contributed by atoms with Gasteiger partial charge >= 0.3 is 0 Å². The summed E-state index contributed by atoms with van der Waals surface area (Å²) in [5.41, 5.74) is 3.21. The van der Waals surface area contributed by atoms with Crippen LogP contribution in [0.2, 0.25) is 5.02 Å². The molecule has 0 fully saturated rings. The summed E-state index contributed by atoms with van der Waals surface area (Å²) < 4.78 is 7.61. The number of nitrogens with zero attached hydrogens (tertiary/aromatic N) is 4.